The van der Waals surface area contributed by atoms with Crippen molar-refractivity contribution in [3.8, 4) is 11.3 Å². The summed E-state index contributed by atoms with van der Waals surface area (Å²) in [6.45, 7) is 6.96. The number of anilines is 1. The van der Waals surface area contributed by atoms with Crippen molar-refractivity contribution in [2.24, 2.45) is 0 Å². The van der Waals surface area contributed by atoms with Gasteiger partial charge in [-0.25, -0.2) is 4.79 Å². The number of carbonyl (C=O) groups is 1. The van der Waals surface area contributed by atoms with Gasteiger partial charge in [0.25, 0.3) is 0 Å². The van der Waals surface area contributed by atoms with Gasteiger partial charge in [0.2, 0.25) is 0 Å². The van der Waals surface area contributed by atoms with E-state index in [-0.39, 0.29) is 5.97 Å². The first kappa shape index (κ1) is 21.3. The molecule has 0 unspecified atom stereocenters. The van der Waals surface area contributed by atoms with E-state index in [4.69, 9.17) is 9.15 Å². The van der Waals surface area contributed by atoms with Gasteiger partial charge in [0.1, 0.15) is 11.3 Å². The summed E-state index contributed by atoms with van der Waals surface area (Å²) in [5.41, 5.74) is 5.10. The van der Waals surface area contributed by atoms with Crippen LogP contribution in [0.15, 0.2) is 83.3 Å². The summed E-state index contributed by atoms with van der Waals surface area (Å²) in [4.78, 5) is 16.7. The maximum absolute atomic E-state index is 11.9. The van der Waals surface area contributed by atoms with Crippen LogP contribution in [-0.2, 0) is 11.3 Å². The molecule has 0 N–H and O–H groups in total. The molecule has 168 valence electrons. The minimum Gasteiger partial charge on any atom is -0.462 e. The average molecular weight is 441 g/mol. The number of benzene rings is 3. The number of fused-ring (bicyclic) bond motifs is 1. The Kier molecular flexibility index (Phi) is 6.13. The van der Waals surface area contributed by atoms with Gasteiger partial charge in [0.05, 0.1) is 12.2 Å². The number of piperazine rings is 1. The number of nitrogens with zero attached hydrogens (tertiary/aromatic N) is 2. The highest BCUT2D eigenvalue weighted by Gasteiger charge is 2.20. The molecule has 4 aromatic rings. The minimum atomic E-state index is -0.267. The third-order valence-corrected chi connectivity index (χ3v) is 6.22. The molecule has 5 heteroatoms. The molecule has 1 fully saturated rings. The first-order chi connectivity index (χ1) is 16.2. The quantitative estimate of drug-likeness (QED) is 0.365. The van der Waals surface area contributed by atoms with Crippen LogP contribution in [0.2, 0.25) is 0 Å². The third kappa shape index (κ3) is 4.64. The normalized spacial score (nSPS) is 14.5. The Morgan fingerprint density at radius 3 is 2.39 bits per heavy atom. The smallest absolute Gasteiger partial charge is 0.338 e. The van der Waals surface area contributed by atoms with Crippen molar-refractivity contribution in [1.82, 2.24) is 4.90 Å². The molecule has 0 atom stereocenters. The van der Waals surface area contributed by atoms with E-state index < -0.39 is 0 Å². The Labute approximate surface area is 194 Å². The summed E-state index contributed by atoms with van der Waals surface area (Å²) >= 11 is 0. The first-order valence-electron chi connectivity index (χ1n) is 11.5. The molecule has 1 aromatic heterocycles. The molecule has 1 saturated heterocycles. The lowest BCUT2D eigenvalue weighted by molar-refractivity contribution is 0.0526. The number of ether oxygens (including phenoxy) is 1. The van der Waals surface area contributed by atoms with Crippen LogP contribution in [0.5, 0.6) is 0 Å². The summed E-state index contributed by atoms with van der Waals surface area (Å²) in [6, 6.07) is 26.5. The van der Waals surface area contributed by atoms with Crippen molar-refractivity contribution in [2.45, 2.75) is 13.5 Å². The highest BCUT2D eigenvalue weighted by molar-refractivity contribution is 5.89. The monoisotopic (exact) mass is 440 g/mol. The molecule has 1 aliphatic heterocycles. The van der Waals surface area contributed by atoms with Crippen LogP contribution in [0.25, 0.3) is 22.3 Å². The zero-order valence-corrected chi connectivity index (χ0v) is 18.9. The van der Waals surface area contributed by atoms with Crippen LogP contribution in [0.3, 0.4) is 0 Å². The maximum Gasteiger partial charge on any atom is 0.338 e. The zero-order valence-electron chi connectivity index (χ0n) is 18.9. The topological polar surface area (TPSA) is 45.9 Å². The number of esters is 1. The van der Waals surface area contributed by atoms with Crippen molar-refractivity contribution in [2.75, 3.05) is 37.7 Å². The van der Waals surface area contributed by atoms with E-state index in [1.807, 2.05) is 49.4 Å². The molecule has 2 heterocycles. The molecule has 0 amide bonds. The summed E-state index contributed by atoms with van der Waals surface area (Å²) in [5, 5.41) is 1.13. The summed E-state index contributed by atoms with van der Waals surface area (Å²) in [6.07, 6.45) is 0. The van der Waals surface area contributed by atoms with Crippen LogP contribution in [0, 0.1) is 0 Å². The van der Waals surface area contributed by atoms with Crippen LogP contribution < -0.4 is 4.90 Å². The average Bonchev–Trinajstić information content (AvgIpc) is 3.29. The van der Waals surface area contributed by atoms with E-state index in [1.54, 1.807) is 0 Å². The first-order valence-corrected chi connectivity index (χ1v) is 11.5. The second-order valence-electron chi connectivity index (χ2n) is 8.34. The second-order valence-corrected chi connectivity index (χ2v) is 8.34. The zero-order chi connectivity index (χ0) is 22.6. The summed E-state index contributed by atoms with van der Waals surface area (Å²) in [5.74, 6) is 0.657. The summed E-state index contributed by atoms with van der Waals surface area (Å²) in [7, 11) is 0. The predicted octanol–water partition coefficient (Wildman–Crippen LogP) is 5.60. The molecule has 5 nitrogen and oxygen atoms in total. The van der Waals surface area contributed by atoms with Crippen LogP contribution in [0.4, 0.5) is 5.69 Å². The van der Waals surface area contributed by atoms with Gasteiger partial charge in [-0.3, -0.25) is 4.90 Å². The Hall–Kier alpha value is -3.57. The van der Waals surface area contributed by atoms with E-state index in [0.717, 1.165) is 60.7 Å². The Morgan fingerprint density at radius 1 is 0.909 bits per heavy atom. The molecule has 0 radical (unpaired) electrons. The lowest BCUT2D eigenvalue weighted by atomic mass is 10.0. The molecule has 0 spiro atoms. The number of hydrogen-bond donors (Lipinski definition) is 0. The fourth-order valence-corrected chi connectivity index (χ4v) is 4.44. The third-order valence-electron chi connectivity index (χ3n) is 6.22. The van der Waals surface area contributed by atoms with Gasteiger partial charge in [-0.1, -0.05) is 42.5 Å². The number of rotatable bonds is 6. The molecule has 1 aliphatic rings. The number of furan rings is 1. The minimum absolute atomic E-state index is 0.267. The van der Waals surface area contributed by atoms with Gasteiger partial charge in [-0.15, -0.1) is 0 Å². The number of hydrogen-bond acceptors (Lipinski definition) is 5. The van der Waals surface area contributed by atoms with Crippen molar-refractivity contribution < 1.29 is 13.9 Å². The van der Waals surface area contributed by atoms with Gasteiger partial charge < -0.3 is 14.1 Å². The lowest BCUT2D eigenvalue weighted by Gasteiger charge is -2.36. The maximum atomic E-state index is 11.9. The molecular formula is C28H28N2O3. The van der Waals surface area contributed by atoms with Gasteiger partial charge >= 0.3 is 5.97 Å². The standard InChI is InChI=1S/C28H28N2O3/c1-2-32-28(31)21-11-13-24(14-12-21)30-17-15-29(16-18-30)20-23-8-3-5-9-25(23)27-19-22-7-4-6-10-26(22)33-27/h3-14,19H,2,15-18,20H2,1H3. The van der Waals surface area contributed by atoms with Crippen LogP contribution >= 0.6 is 0 Å². The van der Waals surface area contributed by atoms with Gasteiger partial charge in [-0.2, -0.15) is 0 Å². The van der Waals surface area contributed by atoms with Gasteiger partial charge in [-0.05, 0) is 48.9 Å². The van der Waals surface area contributed by atoms with E-state index in [0.29, 0.717) is 12.2 Å². The van der Waals surface area contributed by atoms with Crippen molar-refractivity contribution in [1.29, 1.82) is 0 Å². The number of para-hydroxylation sites is 1. The Bertz CT molecular complexity index is 1200. The highest BCUT2D eigenvalue weighted by atomic mass is 16.5. The molecule has 0 saturated carbocycles. The van der Waals surface area contributed by atoms with Crippen LogP contribution in [0.1, 0.15) is 22.8 Å². The Morgan fingerprint density at radius 2 is 1.64 bits per heavy atom. The van der Waals surface area contributed by atoms with E-state index in [2.05, 4.69) is 46.2 Å². The highest BCUT2D eigenvalue weighted by Crippen LogP contribution is 2.31. The molecule has 5 rings (SSSR count). The molecule has 33 heavy (non-hydrogen) atoms. The molecule has 0 aliphatic carbocycles. The van der Waals surface area contributed by atoms with E-state index in [1.165, 1.54) is 5.56 Å². The van der Waals surface area contributed by atoms with Crippen molar-refractivity contribution in [3.05, 3.63) is 90.0 Å². The SMILES string of the molecule is CCOC(=O)c1ccc(N2CCN(Cc3ccccc3-c3cc4ccccc4o3)CC2)cc1. The van der Waals surface area contributed by atoms with E-state index in [9.17, 15) is 4.79 Å². The van der Waals surface area contributed by atoms with Gasteiger partial charge in [0, 0.05) is 49.4 Å². The van der Waals surface area contributed by atoms with Gasteiger partial charge in [0.15, 0.2) is 0 Å². The predicted molar refractivity (Wildman–Crippen MR) is 132 cm³/mol. The number of carbonyl (C=O) groups excluding carboxylic acids is 1. The van der Waals surface area contributed by atoms with Crippen molar-refractivity contribution >= 4 is 22.6 Å². The lowest BCUT2D eigenvalue weighted by Crippen LogP contribution is -2.46. The molecule has 0 bridgehead atoms. The Balaban J connectivity index is 1.24. The fourth-order valence-electron chi connectivity index (χ4n) is 4.44. The molecular weight excluding hydrogens is 412 g/mol. The fraction of sp³-hybridized carbons (Fsp3) is 0.250. The summed E-state index contributed by atoms with van der Waals surface area (Å²) < 4.78 is 11.2. The van der Waals surface area contributed by atoms with Crippen molar-refractivity contribution in [3.63, 3.8) is 0 Å². The van der Waals surface area contributed by atoms with E-state index >= 15 is 0 Å². The second kappa shape index (κ2) is 9.51. The molecule has 3 aromatic carbocycles. The van der Waals surface area contributed by atoms with Crippen LogP contribution in [-0.4, -0.2) is 43.7 Å². The largest absolute Gasteiger partial charge is 0.462 e.